The Morgan fingerprint density at radius 1 is 1.18 bits per heavy atom. The maximum absolute atomic E-state index is 12.3. The van der Waals surface area contributed by atoms with Crippen LogP contribution in [0, 0.1) is 0 Å². The zero-order chi connectivity index (χ0) is 20.1. The summed E-state index contributed by atoms with van der Waals surface area (Å²) in [7, 11) is 0.783. The molecule has 0 fully saturated rings. The number of aromatic nitrogens is 1. The van der Waals surface area contributed by atoms with E-state index in [1.165, 1.54) is 0 Å². The van der Waals surface area contributed by atoms with E-state index in [4.69, 9.17) is 14.2 Å². The number of fused-ring (bicyclic) bond motifs is 1. The van der Waals surface area contributed by atoms with Gasteiger partial charge in [0.25, 0.3) is 0 Å². The van der Waals surface area contributed by atoms with Gasteiger partial charge >= 0.3 is 6.09 Å². The van der Waals surface area contributed by atoms with Crippen LogP contribution in [0.4, 0.5) is 4.79 Å². The molecule has 0 spiro atoms. The fraction of sp³-hybridized carbons (Fsp3) is 0.364. The molecule has 3 rings (SSSR count). The van der Waals surface area contributed by atoms with Crippen molar-refractivity contribution in [1.29, 1.82) is 0 Å². The van der Waals surface area contributed by atoms with Crippen LogP contribution in [-0.4, -0.2) is 35.2 Å². The molecule has 28 heavy (non-hydrogen) atoms. The number of benzene rings is 1. The molecule has 1 aromatic heterocycles. The van der Waals surface area contributed by atoms with Gasteiger partial charge in [-0.25, -0.2) is 9.78 Å². The van der Waals surface area contributed by atoms with E-state index in [0.717, 1.165) is 28.7 Å². The molecule has 1 aliphatic heterocycles. The van der Waals surface area contributed by atoms with Gasteiger partial charge in [0.15, 0.2) is 0 Å². The summed E-state index contributed by atoms with van der Waals surface area (Å²) < 4.78 is 11.2. The van der Waals surface area contributed by atoms with Crippen LogP contribution in [-0.2, 0) is 22.2 Å². The molecule has 6 heteroatoms. The standard InChI is InChI=1S/C22H27N2O3P/c1-22(2,3)27-21(25)24-14-12-19-18(16-24)10-11-20(23-19)28(26-4)15-13-17-8-6-5-7-9-17/h5-11,13,15H,12,14,16H2,1-4H3/b15-13+. The van der Waals surface area contributed by atoms with Gasteiger partial charge < -0.3 is 14.2 Å². The van der Waals surface area contributed by atoms with Crippen molar-refractivity contribution in [2.75, 3.05) is 13.7 Å². The van der Waals surface area contributed by atoms with Crippen LogP contribution >= 0.6 is 8.15 Å². The smallest absolute Gasteiger partial charge is 0.410 e. The molecule has 2 heterocycles. The highest BCUT2D eigenvalue weighted by Crippen LogP contribution is 2.37. The summed E-state index contributed by atoms with van der Waals surface area (Å²) in [5, 5.41) is 0. The molecule has 1 amide bonds. The number of hydrogen-bond acceptors (Lipinski definition) is 4. The Bertz CT molecular complexity index is 847. The average Bonchev–Trinajstić information content (AvgIpc) is 2.67. The summed E-state index contributed by atoms with van der Waals surface area (Å²) in [6.07, 6.45) is 2.52. The number of carbonyl (C=O) groups is 1. The van der Waals surface area contributed by atoms with Crippen molar-refractivity contribution in [3.8, 4) is 0 Å². The first-order valence-electron chi connectivity index (χ1n) is 9.39. The average molecular weight is 398 g/mol. The van der Waals surface area contributed by atoms with Crippen molar-refractivity contribution >= 4 is 25.8 Å². The monoisotopic (exact) mass is 398 g/mol. The summed E-state index contributed by atoms with van der Waals surface area (Å²) >= 11 is 0. The third kappa shape index (κ3) is 5.40. The van der Waals surface area contributed by atoms with Crippen molar-refractivity contribution in [1.82, 2.24) is 9.88 Å². The minimum absolute atomic E-state index is 0.271. The lowest BCUT2D eigenvalue weighted by atomic mass is 10.1. The molecule has 0 bridgehead atoms. The van der Waals surface area contributed by atoms with Crippen molar-refractivity contribution in [3.63, 3.8) is 0 Å². The van der Waals surface area contributed by atoms with E-state index in [2.05, 4.69) is 30.1 Å². The minimum Gasteiger partial charge on any atom is -0.444 e. The van der Waals surface area contributed by atoms with Gasteiger partial charge in [-0.05, 0) is 43.8 Å². The molecular formula is C22H27N2O3P. The van der Waals surface area contributed by atoms with E-state index in [1.54, 1.807) is 12.0 Å². The van der Waals surface area contributed by atoms with Gasteiger partial charge in [0.2, 0.25) is 0 Å². The summed E-state index contributed by atoms with van der Waals surface area (Å²) in [6, 6.07) is 14.2. The zero-order valence-corrected chi connectivity index (χ0v) is 17.8. The van der Waals surface area contributed by atoms with Crippen LogP contribution in [0.2, 0.25) is 0 Å². The molecule has 0 saturated heterocycles. The second kappa shape index (κ2) is 8.85. The molecular weight excluding hydrogens is 371 g/mol. The molecule has 1 unspecified atom stereocenters. The molecule has 0 N–H and O–H groups in total. The summed E-state index contributed by atoms with van der Waals surface area (Å²) in [5.74, 6) is 2.08. The Hall–Kier alpha value is -2.23. The van der Waals surface area contributed by atoms with E-state index >= 15 is 0 Å². The number of ether oxygens (including phenoxy) is 1. The van der Waals surface area contributed by atoms with Gasteiger partial charge in [-0.1, -0.05) is 42.5 Å². The molecule has 2 aromatic rings. The second-order valence-corrected chi connectivity index (χ2v) is 9.44. The van der Waals surface area contributed by atoms with Gasteiger partial charge in [0.1, 0.15) is 13.7 Å². The predicted molar refractivity (Wildman–Crippen MR) is 114 cm³/mol. The van der Waals surface area contributed by atoms with E-state index in [0.29, 0.717) is 13.1 Å². The van der Waals surface area contributed by atoms with Crippen molar-refractivity contribution < 1.29 is 14.1 Å². The Morgan fingerprint density at radius 2 is 1.93 bits per heavy atom. The van der Waals surface area contributed by atoms with Crippen LogP contribution in [0.15, 0.2) is 48.3 Å². The third-order valence-electron chi connectivity index (χ3n) is 4.31. The highest BCUT2D eigenvalue weighted by Gasteiger charge is 2.26. The second-order valence-electron chi connectivity index (χ2n) is 7.66. The van der Waals surface area contributed by atoms with E-state index in [-0.39, 0.29) is 6.09 Å². The lowest BCUT2D eigenvalue weighted by Gasteiger charge is -2.31. The highest BCUT2D eigenvalue weighted by molar-refractivity contribution is 7.63. The Morgan fingerprint density at radius 3 is 2.61 bits per heavy atom. The first kappa shape index (κ1) is 20.5. The number of nitrogens with zero attached hydrogens (tertiary/aromatic N) is 2. The maximum Gasteiger partial charge on any atom is 0.410 e. The number of rotatable bonds is 4. The van der Waals surface area contributed by atoms with Gasteiger partial charge in [-0.15, -0.1) is 0 Å². The maximum atomic E-state index is 12.3. The quantitative estimate of drug-likeness (QED) is 0.700. The van der Waals surface area contributed by atoms with Gasteiger partial charge in [-0.3, -0.25) is 0 Å². The van der Waals surface area contributed by atoms with Crippen molar-refractivity contribution in [2.24, 2.45) is 0 Å². The van der Waals surface area contributed by atoms with E-state index in [1.807, 2.05) is 45.0 Å². The lowest BCUT2D eigenvalue weighted by molar-refractivity contribution is 0.0223. The van der Waals surface area contributed by atoms with E-state index in [9.17, 15) is 4.79 Å². The molecule has 5 nitrogen and oxygen atoms in total. The molecule has 1 aliphatic rings. The molecule has 0 saturated carbocycles. The Balaban J connectivity index is 1.72. The molecule has 1 atom stereocenters. The number of hydrogen-bond donors (Lipinski definition) is 0. The first-order chi connectivity index (χ1) is 13.4. The largest absolute Gasteiger partial charge is 0.444 e. The summed E-state index contributed by atoms with van der Waals surface area (Å²) in [6.45, 7) is 6.79. The van der Waals surface area contributed by atoms with Gasteiger partial charge in [-0.2, -0.15) is 0 Å². The van der Waals surface area contributed by atoms with Crippen molar-refractivity contribution in [2.45, 2.75) is 39.3 Å². The van der Waals surface area contributed by atoms with Crippen LogP contribution in [0.3, 0.4) is 0 Å². The fourth-order valence-corrected chi connectivity index (χ4v) is 4.17. The lowest BCUT2D eigenvalue weighted by Crippen LogP contribution is -2.40. The number of amides is 1. The third-order valence-corrected chi connectivity index (χ3v) is 5.82. The minimum atomic E-state index is -0.931. The topological polar surface area (TPSA) is 51.7 Å². The predicted octanol–water partition coefficient (Wildman–Crippen LogP) is 4.71. The van der Waals surface area contributed by atoms with Crippen LogP contribution in [0.5, 0.6) is 0 Å². The van der Waals surface area contributed by atoms with E-state index < -0.39 is 13.7 Å². The van der Waals surface area contributed by atoms with Crippen molar-refractivity contribution in [3.05, 3.63) is 65.1 Å². The SMILES string of the molecule is COP(/C=C/c1ccccc1)c1ccc2c(n1)CCN(C(=O)OC(C)(C)C)C2. The Kier molecular flexibility index (Phi) is 6.48. The van der Waals surface area contributed by atoms with Gasteiger partial charge in [0, 0.05) is 25.8 Å². The molecule has 1 aromatic carbocycles. The molecule has 148 valence electrons. The number of carbonyl (C=O) groups excluding carboxylic acids is 1. The van der Waals surface area contributed by atoms with Crippen LogP contribution in [0.1, 0.15) is 37.6 Å². The summed E-state index contributed by atoms with van der Waals surface area (Å²) in [5.41, 5.74) is 3.69. The number of pyridine rings is 1. The highest BCUT2D eigenvalue weighted by atomic mass is 31.1. The zero-order valence-electron chi connectivity index (χ0n) is 16.9. The fourth-order valence-electron chi connectivity index (χ4n) is 2.96. The van der Waals surface area contributed by atoms with Gasteiger partial charge in [0.05, 0.1) is 12.0 Å². The molecule has 0 aliphatic carbocycles. The normalized spacial score (nSPS) is 15.4. The molecule has 0 radical (unpaired) electrons. The van der Waals surface area contributed by atoms with Crippen LogP contribution < -0.4 is 5.44 Å². The first-order valence-corrected chi connectivity index (χ1v) is 10.7. The Labute approximate surface area is 168 Å². The summed E-state index contributed by atoms with van der Waals surface area (Å²) in [4.78, 5) is 18.9. The van der Waals surface area contributed by atoms with Crippen LogP contribution in [0.25, 0.3) is 6.08 Å².